The molecule has 0 radical (unpaired) electrons. The SMILES string of the molecule is CNC(=O)N[C@@H](C)C(=O)N1CCC[C@H]1c1ncc(-c2ccc(-c3ccc(-c4cnc([C@@H]5CCCN5C(=O)[C@H](C)NC(=O)N(C)C)[nH]4)cc3)cc2)[nH]1. The Morgan fingerprint density at radius 1 is 0.706 bits per heavy atom. The first-order valence-corrected chi connectivity index (χ1v) is 17.4. The molecule has 4 aromatic rings. The van der Waals surface area contributed by atoms with E-state index >= 15 is 0 Å². The van der Waals surface area contributed by atoms with Crippen LogP contribution in [0.2, 0.25) is 0 Å². The summed E-state index contributed by atoms with van der Waals surface area (Å²) >= 11 is 0. The fraction of sp³-hybridized carbons (Fsp3) is 0.405. The highest BCUT2D eigenvalue weighted by Crippen LogP contribution is 2.34. The van der Waals surface area contributed by atoms with Crippen LogP contribution in [0.5, 0.6) is 0 Å². The molecule has 0 aliphatic carbocycles. The fourth-order valence-electron chi connectivity index (χ4n) is 6.82. The van der Waals surface area contributed by atoms with Crippen molar-refractivity contribution < 1.29 is 19.2 Å². The minimum Gasteiger partial charge on any atom is -0.341 e. The van der Waals surface area contributed by atoms with E-state index in [1.165, 1.54) is 11.9 Å². The third kappa shape index (κ3) is 7.59. The lowest BCUT2D eigenvalue weighted by molar-refractivity contribution is -0.134. The summed E-state index contributed by atoms with van der Waals surface area (Å²) in [5.74, 6) is 1.22. The number of aromatic nitrogens is 4. The summed E-state index contributed by atoms with van der Waals surface area (Å²) in [5, 5.41) is 7.91. The first-order valence-electron chi connectivity index (χ1n) is 17.4. The van der Waals surface area contributed by atoms with Crippen molar-refractivity contribution in [2.45, 2.75) is 63.7 Å². The molecule has 4 heterocycles. The van der Waals surface area contributed by atoms with Gasteiger partial charge in [-0.1, -0.05) is 48.5 Å². The topological polar surface area (TPSA) is 171 Å². The average Bonchev–Trinajstić information content (AvgIpc) is 3.97. The number of carbonyl (C=O) groups is 4. The number of nitrogens with zero attached hydrogens (tertiary/aromatic N) is 5. The Morgan fingerprint density at radius 2 is 1.12 bits per heavy atom. The zero-order chi connectivity index (χ0) is 36.2. The zero-order valence-corrected chi connectivity index (χ0v) is 29.7. The van der Waals surface area contributed by atoms with Crippen LogP contribution in [0.4, 0.5) is 9.59 Å². The second-order valence-electron chi connectivity index (χ2n) is 13.4. The van der Waals surface area contributed by atoms with E-state index in [9.17, 15) is 19.2 Å². The molecule has 0 bridgehead atoms. The van der Waals surface area contributed by atoms with Crippen molar-refractivity contribution in [2.75, 3.05) is 34.2 Å². The van der Waals surface area contributed by atoms with Crippen LogP contribution in [0, 0.1) is 0 Å². The van der Waals surface area contributed by atoms with Crippen LogP contribution in [0.25, 0.3) is 33.6 Å². The Morgan fingerprint density at radius 3 is 1.53 bits per heavy atom. The first kappa shape index (κ1) is 35.2. The first-order chi connectivity index (χ1) is 24.5. The van der Waals surface area contributed by atoms with E-state index in [4.69, 9.17) is 0 Å². The van der Waals surface area contributed by atoms with Gasteiger partial charge in [0.05, 0.1) is 35.9 Å². The van der Waals surface area contributed by atoms with E-state index in [0.29, 0.717) is 13.1 Å². The number of rotatable bonds is 9. The Balaban J connectivity index is 1.09. The Hall–Kier alpha value is -5.66. The molecule has 2 aromatic carbocycles. The van der Waals surface area contributed by atoms with Crippen LogP contribution in [-0.4, -0.2) is 105 Å². The number of hydrogen-bond donors (Lipinski definition) is 5. The van der Waals surface area contributed by atoms with Crippen LogP contribution >= 0.6 is 0 Å². The molecule has 6 amide bonds. The molecule has 5 N–H and O–H groups in total. The molecule has 0 unspecified atom stereocenters. The molecule has 4 atom stereocenters. The molecule has 2 aromatic heterocycles. The molecule has 51 heavy (non-hydrogen) atoms. The van der Waals surface area contributed by atoms with Crippen molar-refractivity contribution in [3.8, 4) is 33.6 Å². The lowest BCUT2D eigenvalue weighted by Gasteiger charge is -2.27. The number of H-pyrrole nitrogens is 2. The smallest absolute Gasteiger partial charge is 0.317 e. The molecule has 2 fully saturated rings. The fourth-order valence-corrected chi connectivity index (χ4v) is 6.82. The van der Waals surface area contributed by atoms with Crippen molar-refractivity contribution in [3.63, 3.8) is 0 Å². The molecular weight excluding hydrogens is 648 g/mol. The lowest BCUT2D eigenvalue weighted by Crippen LogP contribution is -2.49. The quantitative estimate of drug-likeness (QED) is 0.173. The van der Waals surface area contributed by atoms with E-state index in [1.54, 1.807) is 50.1 Å². The minimum absolute atomic E-state index is 0.121. The molecule has 268 valence electrons. The summed E-state index contributed by atoms with van der Waals surface area (Å²) in [6.45, 7) is 4.64. The van der Waals surface area contributed by atoms with Crippen molar-refractivity contribution in [2.24, 2.45) is 0 Å². The van der Waals surface area contributed by atoms with Gasteiger partial charge in [0.2, 0.25) is 11.8 Å². The van der Waals surface area contributed by atoms with E-state index in [-0.39, 0.29) is 36.0 Å². The average molecular weight is 695 g/mol. The Kier molecular flexibility index (Phi) is 10.4. The number of amides is 6. The number of urea groups is 2. The van der Waals surface area contributed by atoms with Gasteiger partial charge >= 0.3 is 12.1 Å². The van der Waals surface area contributed by atoms with Gasteiger partial charge in [0, 0.05) is 34.2 Å². The molecule has 14 nitrogen and oxygen atoms in total. The third-order valence-corrected chi connectivity index (χ3v) is 9.68. The lowest BCUT2D eigenvalue weighted by atomic mass is 10.0. The van der Waals surface area contributed by atoms with Gasteiger partial charge in [-0.15, -0.1) is 0 Å². The van der Waals surface area contributed by atoms with Crippen molar-refractivity contribution in [1.82, 2.24) is 50.6 Å². The van der Waals surface area contributed by atoms with Crippen molar-refractivity contribution >= 4 is 23.9 Å². The highest BCUT2D eigenvalue weighted by atomic mass is 16.2. The van der Waals surface area contributed by atoms with Gasteiger partial charge in [-0.2, -0.15) is 0 Å². The monoisotopic (exact) mass is 694 g/mol. The second kappa shape index (κ2) is 15.1. The van der Waals surface area contributed by atoms with Crippen LogP contribution in [-0.2, 0) is 9.59 Å². The molecular formula is C37H46N10O4. The summed E-state index contributed by atoms with van der Waals surface area (Å²) in [5.41, 5.74) is 5.84. The van der Waals surface area contributed by atoms with Gasteiger partial charge in [-0.3, -0.25) is 9.59 Å². The second-order valence-corrected chi connectivity index (χ2v) is 13.4. The number of aromatic amines is 2. The van der Waals surface area contributed by atoms with Crippen LogP contribution < -0.4 is 16.0 Å². The highest BCUT2D eigenvalue weighted by Gasteiger charge is 2.36. The zero-order valence-electron chi connectivity index (χ0n) is 29.7. The highest BCUT2D eigenvalue weighted by molar-refractivity contribution is 5.88. The maximum absolute atomic E-state index is 13.2. The van der Waals surface area contributed by atoms with Gasteiger partial charge in [-0.25, -0.2) is 19.6 Å². The van der Waals surface area contributed by atoms with Crippen LogP contribution in [0.3, 0.4) is 0 Å². The van der Waals surface area contributed by atoms with E-state index in [2.05, 4.69) is 84.4 Å². The van der Waals surface area contributed by atoms with Gasteiger partial charge in [0.1, 0.15) is 23.7 Å². The number of hydrogen-bond acceptors (Lipinski definition) is 6. The third-order valence-electron chi connectivity index (χ3n) is 9.68. The number of nitrogens with one attached hydrogen (secondary N) is 5. The summed E-state index contributed by atoms with van der Waals surface area (Å²) in [6, 6.07) is 14.2. The van der Waals surface area contributed by atoms with Gasteiger partial charge in [0.15, 0.2) is 0 Å². The molecule has 0 spiro atoms. The number of likely N-dealkylation sites (tertiary alicyclic amines) is 2. The predicted molar refractivity (Wildman–Crippen MR) is 193 cm³/mol. The Labute approximate surface area is 297 Å². The number of imidazole rings is 2. The predicted octanol–water partition coefficient (Wildman–Crippen LogP) is 4.44. The Bertz CT molecular complexity index is 1870. The van der Waals surface area contributed by atoms with Gasteiger partial charge in [0.25, 0.3) is 0 Å². The van der Waals surface area contributed by atoms with Crippen LogP contribution in [0.1, 0.15) is 63.3 Å². The van der Waals surface area contributed by atoms with E-state index < -0.39 is 12.1 Å². The normalized spacial score (nSPS) is 18.3. The van der Waals surface area contributed by atoms with Crippen molar-refractivity contribution in [3.05, 3.63) is 72.6 Å². The summed E-state index contributed by atoms with van der Waals surface area (Å²) in [4.78, 5) is 71.3. The molecule has 2 saturated heterocycles. The number of benzene rings is 2. The number of carbonyl (C=O) groups excluding carboxylic acids is 4. The minimum atomic E-state index is -0.641. The molecule has 0 saturated carbocycles. The molecule has 2 aliphatic rings. The maximum Gasteiger partial charge on any atom is 0.317 e. The largest absolute Gasteiger partial charge is 0.341 e. The van der Waals surface area contributed by atoms with E-state index in [1.807, 2.05) is 0 Å². The van der Waals surface area contributed by atoms with E-state index in [0.717, 1.165) is 71.0 Å². The van der Waals surface area contributed by atoms with Crippen LogP contribution in [0.15, 0.2) is 60.9 Å². The van der Waals surface area contributed by atoms with Crippen molar-refractivity contribution in [1.29, 1.82) is 0 Å². The molecule has 2 aliphatic heterocycles. The summed E-state index contributed by atoms with van der Waals surface area (Å²) < 4.78 is 0. The van der Waals surface area contributed by atoms with Gasteiger partial charge < -0.3 is 40.6 Å². The molecule has 6 rings (SSSR count). The maximum atomic E-state index is 13.2. The summed E-state index contributed by atoms with van der Waals surface area (Å²) in [6.07, 6.45) is 6.95. The molecule has 14 heteroatoms. The summed E-state index contributed by atoms with van der Waals surface area (Å²) in [7, 11) is 4.81. The standard InChI is InChI=1S/C37H46N10O4/c1-22(41-36(50)38-3)34(48)46-18-6-8-30(46)32-39-20-28(43-32)26-14-10-24(11-15-26)25-12-16-27(17-13-25)29-21-40-33(44-29)31-9-7-19-47(31)35(49)23(2)42-37(51)45(4)5/h10-17,20-23,30-31H,6-9,18-19H2,1-5H3,(H,39,43)(H,40,44)(H,42,51)(H2,38,41,50)/t22-,23-,30-,31-/m0/s1. The van der Waals surface area contributed by atoms with Gasteiger partial charge in [-0.05, 0) is 61.8 Å².